The normalized spacial score (nSPS) is 18.9. The van der Waals surface area contributed by atoms with Crippen LogP contribution in [0.3, 0.4) is 0 Å². The Balaban J connectivity index is 1.47. The van der Waals surface area contributed by atoms with Gasteiger partial charge in [0.05, 0.1) is 13.2 Å². The zero-order chi connectivity index (χ0) is 21.0. The maximum Gasteiger partial charge on any atom is 0.173 e. The van der Waals surface area contributed by atoms with E-state index < -0.39 is 0 Å². The van der Waals surface area contributed by atoms with Crippen LogP contribution in [0.25, 0.3) is 0 Å². The van der Waals surface area contributed by atoms with E-state index in [1.165, 1.54) is 18.5 Å². The number of hydrogen-bond donors (Lipinski definition) is 0. The average Bonchev–Trinajstić information content (AvgIpc) is 3.53. The summed E-state index contributed by atoms with van der Waals surface area (Å²) in [6, 6.07) is 19.3. The predicted octanol–water partition coefficient (Wildman–Crippen LogP) is 3.71. The van der Waals surface area contributed by atoms with E-state index in [9.17, 15) is 0 Å². The number of ether oxygens (including phenoxy) is 1. The number of nitrogens with zero attached hydrogens (tertiary/aromatic N) is 6. The van der Waals surface area contributed by atoms with Crippen molar-refractivity contribution in [3.63, 3.8) is 0 Å². The van der Waals surface area contributed by atoms with Gasteiger partial charge >= 0.3 is 0 Å². The second-order valence-corrected chi connectivity index (χ2v) is 8.42. The first-order valence-electron chi connectivity index (χ1n) is 11.3. The largest absolute Gasteiger partial charge is 0.496 e. The van der Waals surface area contributed by atoms with Gasteiger partial charge in [0.25, 0.3) is 0 Å². The second kappa shape index (κ2) is 9.06. The first-order valence-corrected chi connectivity index (χ1v) is 11.3. The van der Waals surface area contributed by atoms with Crippen molar-refractivity contribution in [1.29, 1.82) is 0 Å². The highest BCUT2D eigenvalue weighted by molar-refractivity contribution is 5.46. The van der Waals surface area contributed by atoms with E-state index in [2.05, 4.69) is 72.5 Å². The Morgan fingerprint density at radius 3 is 2.35 bits per heavy atom. The lowest BCUT2D eigenvalue weighted by Crippen LogP contribution is -2.48. The lowest BCUT2D eigenvalue weighted by molar-refractivity contribution is 0.194. The maximum atomic E-state index is 5.76. The number of aromatic nitrogens is 4. The van der Waals surface area contributed by atoms with Gasteiger partial charge in [-0.05, 0) is 41.5 Å². The van der Waals surface area contributed by atoms with Crippen LogP contribution in [0.15, 0.2) is 54.6 Å². The van der Waals surface area contributed by atoms with Crippen LogP contribution in [0.5, 0.6) is 5.75 Å². The number of benzene rings is 2. The van der Waals surface area contributed by atoms with Gasteiger partial charge in [0.15, 0.2) is 5.82 Å². The summed E-state index contributed by atoms with van der Waals surface area (Å²) in [5.41, 5.74) is 2.42. The van der Waals surface area contributed by atoms with Crippen molar-refractivity contribution in [1.82, 2.24) is 25.1 Å². The molecule has 0 bridgehead atoms. The van der Waals surface area contributed by atoms with Gasteiger partial charge in [-0.3, -0.25) is 4.90 Å². The molecule has 7 heteroatoms. The molecular weight excluding hydrogens is 388 g/mol. The molecule has 2 fully saturated rings. The van der Waals surface area contributed by atoms with Crippen LogP contribution in [0.1, 0.15) is 49.2 Å². The number of para-hydroxylation sites is 2. The zero-order valence-electron chi connectivity index (χ0n) is 18.1. The third-order valence-electron chi connectivity index (χ3n) is 6.67. The topological polar surface area (TPSA) is 59.3 Å². The van der Waals surface area contributed by atoms with Crippen molar-refractivity contribution in [2.75, 3.05) is 38.2 Å². The van der Waals surface area contributed by atoms with Crippen LogP contribution >= 0.6 is 0 Å². The molecule has 0 radical (unpaired) electrons. The van der Waals surface area contributed by atoms with Crippen molar-refractivity contribution in [3.05, 3.63) is 66.0 Å². The minimum Gasteiger partial charge on any atom is -0.496 e. The van der Waals surface area contributed by atoms with Crippen molar-refractivity contribution >= 4 is 5.69 Å². The van der Waals surface area contributed by atoms with E-state index in [1.54, 1.807) is 7.11 Å². The summed E-state index contributed by atoms with van der Waals surface area (Å²) >= 11 is 0. The monoisotopic (exact) mass is 418 g/mol. The van der Waals surface area contributed by atoms with Crippen molar-refractivity contribution in [3.8, 4) is 5.75 Å². The van der Waals surface area contributed by atoms with E-state index in [4.69, 9.17) is 4.74 Å². The molecule has 2 heterocycles. The van der Waals surface area contributed by atoms with Gasteiger partial charge < -0.3 is 9.64 Å². The number of anilines is 1. The highest BCUT2D eigenvalue weighted by Gasteiger charge is 2.34. The first-order chi connectivity index (χ1) is 15.3. The second-order valence-electron chi connectivity index (χ2n) is 8.42. The molecule has 162 valence electrons. The van der Waals surface area contributed by atoms with Gasteiger partial charge in [-0.1, -0.05) is 49.2 Å². The SMILES string of the molecule is COc1ccccc1C(c1nnnn1C1CCCC1)N1CCN(c2ccccc2)CC1. The smallest absolute Gasteiger partial charge is 0.173 e. The summed E-state index contributed by atoms with van der Waals surface area (Å²) in [6.07, 6.45) is 4.80. The van der Waals surface area contributed by atoms with E-state index >= 15 is 0 Å². The van der Waals surface area contributed by atoms with E-state index in [-0.39, 0.29) is 6.04 Å². The summed E-state index contributed by atoms with van der Waals surface area (Å²) in [4.78, 5) is 4.96. The minimum absolute atomic E-state index is 0.0235. The maximum absolute atomic E-state index is 5.76. The number of methoxy groups -OCH3 is 1. The van der Waals surface area contributed by atoms with Gasteiger partial charge in [0.1, 0.15) is 11.8 Å². The molecule has 5 rings (SSSR count). The minimum atomic E-state index is -0.0235. The molecule has 1 aliphatic carbocycles. The molecule has 2 aromatic carbocycles. The molecule has 7 nitrogen and oxygen atoms in total. The molecule has 0 spiro atoms. The van der Waals surface area contributed by atoms with Crippen LogP contribution in [0, 0.1) is 0 Å². The third-order valence-corrected chi connectivity index (χ3v) is 6.67. The molecule has 1 aliphatic heterocycles. The molecule has 0 N–H and O–H groups in total. The summed E-state index contributed by atoms with van der Waals surface area (Å²) in [5, 5.41) is 13.1. The lowest BCUT2D eigenvalue weighted by Gasteiger charge is -2.40. The van der Waals surface area contributed by atoms with Gasteiger partial charge in [-0.25, -0.2) is 4.68 Å². The van der Waals surface area contributed by atoms with Gasteiger partial charge in [-0.15, -0.1) is 5.10 Å². The molecule has 1 atom stereocenters. The van der Waals surface area contributed by atoms with Crippen molar-refractivity contribution in [2.24, 2.45) is 0 Å². The van der Waals surface area contributed by atoms with Gasteiger partial charge in [-0.2, -0.15) is 0 Å². The number of hydrogen-bond acceptors (Lipinski definition) is 6. The highest BCUT2D eigenvalue weighted by Crippen LogP contribution is 2.37. The summed E-state index contributed by atoms with van der Waals surface area (Å²) in [5.74, 6) is 1.82. The average molecular weight is 419 g/mol. The standard InChI is InChI=1S/C24H30N6O/c1-31-22-14-8-7-13-21(22)23(24-25-26-27-30(24)20-11-5-6-12-20)29-17-15-28(16-18-29)19-9-3-2-4-10-19/h2-4,7-10,13-14,20,23H,5-6,11-12,15-18H2,1H3. The van der Waals surface area contributed by atoms with Crippen LogP contribution < -0.4 is 9.64 Å². The first kappa shape index (κ1) is 20.0. The lowest BCUT2D eigenvalue weighted by atomic mass is 10.0. The third kappa shape index (κ3) is 4.02. The van der Waals surface area contributed by atoms with Gasteiger partial charge in [0.2, 0.25) is 0 Å². The van der Waals surface area contributed by atoms with Crippen LogP contribution in [0.4, 0.5) is 5.69 Å². The molecule has 2 aliphatic rings. The molecule has 0 amide bonds. The van der Waals surface area contributed by atoms with E-state index in [0.29, 0.717) is 6.04 Å². The summed E-state index contributed by atoms with van der Waals surface area (Å²) < 4.78 is 7.85. The number of rotatable bonds is 6. The fourth-order valence-electron chi connectivity index (χ4n) is 5.06. The molecule has 1 saturated heterocycles. The van der Waals surface area contributed by atoms with Gasteiger partial charge in [0, 0.05) is 37.4 Å². The summed E-state index contributed by atoms with van der Waals surface area (Å²) in [7, 11) is 1.74. The van der Waals surface area contributed by atoms with Crippen LogP contribution in [-0.4, -0.2) is 58.4 Å². The zero-order valence-corrected chi connectivity index (χ0v) is 18.1. The molecule has 1 aromatic heterocycles. The van der Waals surface area contributed by atoms with E-state index in [1.807, 2.05) is 12.1 Å². The molecular formula is C24H30N6O. The van der Waals surface area contributed by atoms with Crippen molar-refractivity contribution in [2.45, 2.75) is 37.8 Å². The Labute approximate surface area is 183 Å². The Morgan fingerprint density at radius 1 is 0.903 bits per heavy atom. The number of piperazine rings is 1. The fraction of sp³-hybridized carbons (Fsp3) is 0.458. The molecule has 31 heavy (non-hydrogen) atoms. The van der Waals surface area contributed by atoms with Crippen LogP contribution in [0.2, 0.25) is 0 Å². The Hall–Kier alpha value is -2.93. The van der Waals surface area contributed by atoms with Crippen molar-refractivity contribution < 1.29 is 4.74 Å². The van der Waals surface area contributed by atoms with Crippen LogP contribution in [-0.2, 0) is 0 Å². The molecule has 3 aromatic rings. The highest BCUT2D eigenvalue weighted by atomic mass is 16.5. The van der Waals surface area contributed by atoms with E-state index in [0.717, 1.165) is 56.2 Å². The predicted molar refractivity (Wildman–Crippen MR) is 120 cm³/mol. The quantitative estimate of drug-likeness (QED) is 0.608. The fourth-order valence-corrected chi connectivity index (χ4v) is 5.06. The number of tetrazole rings is 1. The Morgan fingerprint density at radius 2 is 1.61 bits per heavy atom. The Kier molecular flexibility index (Phi) is 5.84. The Bertz CT molecular complexity index is 976. The molecule has 1 saturated carbocycles. The molecule has 1 unspecified atom stereocenters. The summed E-state index contributed by atoms with van der Waals surface area (Å²) in [6.45, 7) is 3.82.